The maximum Gasteiger partial charge on any atom is 0.417 e. The van der Waals surface area contributed by atoms with E-state index in [1.165, 1.54) is 36.4 Å². The van der Waals surface area contributed by atoms with Crippen LogP contribution in [0.2, 0.25) is 0 Å². The summed E-state index contributed by atoms with van der Waals surface area (Å²) in [5.74, 6) is -1.28. The molecule has 0 heterocycles. The van der Waals surface area contributed by atoms with Crippen molar-refractivity contribution in [2.75, 3.05) is 0 Å². The lowest BCUT2D eigenvalue weighted by Gasteiger charge is -2.14. The molecule has 0 aromatic heterocycles. The number of halogens is 4. The minimum absolute atomic E-state index is 0.0358. The monoisotopic (exact) mass is 344 g/mol. The molecule has 104 valence electrons. The number of aromatic carboxylic acids is 1. The molecule has 0 atom stereocenters. The van der Waals surface area contributed by atoms with Crippen molar-refractivity contribution < 1.29 is 23.1 Å². The zero-order chi connectivity index (χ0) is 14.9. The van der Waals surface area contributed by atoms with Crippen molar-refractivity contribution in [2.24, 2.45) is 0 Å². The second-order valence-corrected chi connectivity index (χ2v) is 4.95. The molecule has 0 saturated carbocycles. The fraction of sp³-hybridized carbons (Fsp3) is 0.0714. The van der Waals surface area contributed by atoms with Gasteiger partial charge in [0.25, 0.3) is 0 Å². The summed E-state index contributed by atoms with van der Waals surface area (Å²) in [6.07, 6.45) is -4.54. The van der Waals surface area contributed by atoms with Crippen LogP contribution in [0, 0.1) is 0 Å². The third-order valence-corrected chi connectivity index (χ3v) is 3.23. The second-order valence-electron chi connectivity index (χ2n) is 4.04. The molecule has 0 radical (unpaired) electrons. The smallest absolute Gasteiger partial charge is 0.417 e. The molecule has 2 aromatic carbocycles. The van der Waals surface area contributed by atoms with E-state index in [2.05, 4.69) is 15.9 Å². The SMILES string of the molecule is O=C(O)c1cc(Br)ccc1-c1ccccc1C(F)(F)F. The molecule has 20 heavy (non-hydrogen) atoms. The van der Waals surface area contributed by atoms with E-state index in [1.807, 2.05) is 0 Å². The Kier molecular flexibility index (Phi) is 3.85. The Bertz CT molecular complexity index is 666. The quantitative estimate of drug-likeness (QED) is 0.846. The predicted octanol–water partition coefficient (Wildman–Crippen LogP) is 4.83. The van der Waals surface area contributed by atoms with E-state index in [0.29, 0.717) is 4.47 Å². The van der Waals surface area contributed by atoms with E-state index in [-0.39, 0.29) is 16.7 Å². The summed E-state index contributed by atoms with van der Waals surface area (Å²) in [5.41, 5.74) is -1.15. The van der Waals surface area contributed by atoms with Crippen molar-refractivity contribution in [1.82, 2.24) is 0 Å². The number of rotatable bonds is 2. The van der Waals surface area contributed by atoms with Crippen molar-refractivity contribution in [3.63, 3.8) is 0 Å². The Labute approximate surface area is 121 Å². The summed E-state index contributed by atoms with van der Waals surface area (Å²) >= 11 is 3.11. The van der Waals surface area contributed by atoms with Gasteiger partial charge in [-0.25, -0.2) is 4.79 Å². The van der Waals surface area contributed by atoms with Gasteiger partial charge < -0.3 is 5.11 Å². The van der Waals surface area contributed by atoms with Gasteiger partial charge in [-0.1, -0.05) is 40.2 Å². The first-order chi connectivity index (χ1) is 9.30. The fourth-order valence-electron chi connectivity index (χ4n) is 1.89. The Hall–Kier alpha value is -1.82. The lowest BCUT2D eigenvalue weighted by atomic mass is 9.95. The number of benzene rings is 2. The van der Waals surface area contributed by atoms with Crippen LogP contribution in [-0.2, 0) is 6.18 Å². The number of carbonyl (C=O) groups is 1. The van der Waals surface area contributed by atoms with Gasteiger partial charge >= 0.3 is 12.1 Å². The summed E-state index contributed by atoms with van der Waals surface area (Å²) in [6, 6.07) is 9.06. The van der Waals surface area contributed by atoms with Gasteiger partial charge in [-0.2, -0.15) is 13.2 Å². The van der Waals surface area contributed by atoms with Crippen LogP contribution in [0.1, 0.15) is 15.9 Å². The topological polar surface area (TPSA) is 37.3 Å². The number of alkyl halides is 3. The lowest BCUT2D eigenvalue weighted by molar-refractivity contribution is -0.137. The van der Waals surface area contributed by atoms with Gasteiger partial charge in [0.05, 0.1) is 11.1 Å². The van der Waals surface area contributed by atoms with E-state index in [0.717, 1.165) is 6.07 Å². The maximum absolute atomic E-state index is 13.0. The third kappa shape index (κ3) is 2.85. The highest BCUT2D eigenvalue weighted by atomic mass is 79.9. The molecule has 0 spiro atoms. The zero-order valence-electron chi connectivity index (χ0n) is 9.91. The Morgan fingerprint density at radius 3 is 2.30 bits per heavy atom. The summed E-state index contributed by atoms with van der Waals surface area (Å²) in [4.78, 5) is 11.2. The average molecular weight is 345 g/mol. The van der Waals surface area contributed by atoms with Crippen LogP contribution in [0.15, 0.2) is 46.9 Å². The Morgan fingerprint density at radius 1 is 1.05 bits per heavy atom. The molecular weight excluding hydrogens is 337 g/mol. The van der Waals surface area contributed by atoms with Crippen LogP contribution in [-0.4, -0.2) is 11.1 Å². The van der Waals surface area contributed by atoms with Crippen molar-refractivity contribution in [1.29, 1.82) is 0 Å². The molecule has 0 aliphatic heterocycles. The van der Waals surface area contributed by atoms with Crippen LogP contribution in [0.3, 0.4) is 0 Å². The average Bonchev–Trinajstić information content (AvgIpc) is 2.37. The van der Waals surface area contributed by atoms with E-state index in [9.17, 15) is 18.0 Å². The molecular formula is C14H8BrF3O2. The van der Waals surface area contributed by atoms with Crippen LogP contribution in [0.4, 0.5) is 13.2 Å². The molecule has 0 amide bonds. The van der Waals surface area contributed by atoms with Crippen LogP contribution in [0.5, 0.6) is 0 Å². The molecule has 2 aromatic rings. The second kappa shape index (κ2) is 5.28. The normalized spacial score (nSPS) is 11.4. The highest BCUT2D eigenvalue weighted by Gasteiger charge is 2.34. The standard InChI is InChI=1S/C14H8BrF3O2/c15-8-5-6-9(11(7-8)13(19)20)10-3-1-2-4-12(10)14(16,17)18/h1-7H,(H,19,20). The number of carboxylic acid groups (broad SMARTS) is 1. The number of carboxylic acids is 1. The highest BCUT2D eigenvalue weighted by molar-refractivity contribution is 9.10. The zero-order valence-corrected chi connectivity index (χ0v) is 11.5. The molecule has 6 heteroatoms. The summed E-state index contributed by atoms with van der Waals surface area (Å²) < 4.78 is 39.5. The van der Waals surface area contributed by atoms with E-state index in [4.69, 9.17) is 5.11 Å². The van der Waals surface area contributed by atoms with E-state index >= 15 is 0 Å². The largest absolute Gasteiger partial charge is 0.478 e. The van der Waals surface area contributed by atoms with Crippen molar-refractivity contribution in [3.8, 4) is 11.1 Å². The van der Waals surface area contributed by atoms with Gasteiger partial charge in [0.2, 0.25) is 0 Å². The summed E-state index contributed by atoms with van der Waals surface area (Å²) in [5, 5.41) is 9.14. The number of hydrogen-bond acceptors (Lipinski definition) is 1. The predicted molar refractivity (Wildman–Crippen MR) is 71.5 cm³/mol. The molecule has 0 aliphatic carbocycles. The molecule has 1 N–H and O–H groups in total. The maximum atomic E-state index is 13.0. The molecule has 0 saturated heterocycles. The van der Waals surface area contributed by atoms with Gasteiger partial charge in [0, 0.05) is 4.47 Å². The number of hydrogen-bond donors (Lipinski definition) is 1. The first-order valence-corrected chi connectivity index (χ1v) is 6.29. The van der Waals surface area contributed by atoms with Gasteiger partial charge in [0.1, 0.15) is 0 Å². The van der Waals surface area contributed by atoms with Gasteiger partial charge in [-0.3, -0.25) is 0 Å². The van der Waals surface area contributed by atoms with E-state index in [1.54, 1.807) is 0 Å². The van der Waals surface area contributed by atoms with Gasteiger partial charge in [-0.15, -0.1) is 0 Å². The van der Waals surface area contributed by atoms with Crippen LogP contribution in [0.25, 0.3) is 11.1 Å². The first kappa shape index (κ1) is 14.6. The summed E-state index contributed by atoms with van der Waals surface area (Å²) in [6.45, 7) is 0. The molecule has 0 unspecified atom stereocenters. The lowest BCUT2D eigenvalue weighted by Crippen LogP contribution is -2.08. The van der Waals surface area contributed by atoms with E-state index < -0.39 is 17.7 Å². The highest BCUT2D eigenvalue weighted by Crippen LogP contribution is 2.38. The van der Waals surface area contributed by atoms with Gasteiger partial charge in [-0.05, 0) is 29.3 Å². The molecule has 0 bridgehead atoms. The molecule has 0 aliphatic rings. The summed E-state index contributed by atoms with van der Waals surface area (Å²) in [7, 11) is 0. The Morgan fingerprint density at radius 2 is 1.70 bits per heavy atom. The van der Waals surface area contributed by atoms with Crippen molar-refractivity contribution in [2.45, 2.75) is 6.18 Å². The van der Waals surface area contributed by atoms with Crippen LogP contribution < -0.4 is 0 Å². The van der Waals surface area contributed by atoms with Gasteiger partial charge in [0.15, 0.2) is 0 Å². The molecule has 2 nitrogen and oxygen atoms in total. The molecule has 0 fully saturated rings. The first-order valence-electron chi connectivity index (χ1n) is 5.50. The minimum atomic E-state index is -4.54. The Balaban J connectivity index is 2.73. The fourth-order valence-corrected chi connectivity index (χ4v) is 2.25. The van der Waals surface area contributed by atoms with Crippen molar-refractivity contribution in [3.05, 3.63) is 58.1 Å². The minimum Gasteiger partial charge on any atom is -0.478 e. The third-order valence-electron chi connectivity index (χ3n) is 2.73. The molecule has 2 rings (SSSR count). The van der Waals surface area contributed by atoms with Crippen LogP contribution >= 0.6 is 15.9 Å². The van der Waals surface area contributed by atoms with Crippen molar-refractivity contribution >= 4 is 21.9 Å².